The Kier molecular flexibility index (Phi) is 1.73. The molecule has 8 aliphatic rings. The highest BCUT2D eigenvalue weighted by Crippen LogP contribution is 2.74. The lowest BCUT2D eigenvalue weighted by Gasteiger charge is -2.74. The molecule has 1 spiro atoms. The van der Waals surface area contributed by atoms with Crippen molar-refractivity contribution in [2.75, 3.05) is 0 Å². The van der Waals surface area contributed by atoms with Gasteiger partial charge < -0.3 is 5.32 Å². The number of nitrogens with one attached hydrogen (secondary N) is 1. The lowest BCUT2D eigenvalue weighted by molar-refractivity contribution is -0.241. The van der Waals surface area contributed by atoms with E-state index in [1.165, 1.54) is 25.7 Å². The first-order valence-electron chi connectivity index (χ1n) is 8.99. The zero-order chi connectivity index (χ0) is 13.2. The molecule has 2 heteroatoms. The van der Waals surface area contributed by atoms with Gasteiger partial charge in [-0.15, -0.1) is 0 Å². The summed E-state index contributed by atoms with van der Waals surface area (Å²) < 4.78 is 0. The van der Waals surface area contributed by atoms with Gasteiger partial charge in [0.2, 0.25) is 5.91 Å². The first-order chi connectivity index (χ1) is 9.67. The van der Waals surface area contributed by atoms with E-state index >= 15 is 0 Å². The molecule has 8 rings (SSSR count). The molecule has 1 heterocycles. The topological polar surface area (TPSA) is 29.1 Å². The molecule has 0 aromatic carbocycles. The largest absolute Gasteiger partial charge is 0.350 e. The maximum absolute atomic E-state index is 12.3. The van der Waals surface area contributed by atoms with Crippen molar-refractivity contribution in [1.82, 2.24) is 5.32 Å². The number of carbonyl (C=O) groups is 1. The Morgan fingerprint density at radius 1 is 0.950 bits per heavy atom. The predicted molar refractivity (Wildman–Crippen MR) is 75.7 cm³/mol. The Balaban J connectivity index is 1.51. The molecule has 108 valence electrons. The molecular formula is C18H25NO. The summed E-state index contributed by atoms with van der Waals surface area (Å²) in [4.78, 5) is 12.3. The van der Waals surface area contributed by atoms with Crippen molar-refractivity contribution in [3.05, 3.63) is 0 Å². The molecule has 1 aliphatic heterocycles. The minimum atomic E-state index is 0.242. The van der Waals surface area contributed by atoms with Crippen molar-refractivity contribution in [3.63, 3.8) is 0 Å². The number of rotatable bonds is 0. The smallest absolute Gasteiger partial charge is 0.223 e. The molecule has 8 fully saturated rings. The van der Waals surface area contributed by atoms with Crippen molar-refractivity contribution in [3.8, 4) is 0 Å². The molecule has 0 aromatic heterocycles. The van der Waals surface area contributed by atoms with Crippen molar-refractivity contribution in [1.29, 1.82) is 0 Å². The Labute approximate surface area is 121 Å². The van der Waals surface area contributed by atoms with Crippen LogP contribution in [0.4, 0.5) is 0 Å². The highest BCUT2D eigenvalue weighted by atomic mass is 16.2. The van der Waals surface area contributed by atoms with Gasteiger partial charge in [-0.3, -0.25) is 4.79 Å². The minimum Gasteiger partial charge on any atom is -0.350 e. The standard InChI is InChI=1S/C18H25NO/c1-8-7-18(19-17(8)20)10-5-12-11-2-9-3-14(12)16(18)15(4-9)13(11)6-10/h8-16H,2-7H2,1H3,(H,19,20). The van der Waals surface area contributed by atoms with Crippen LogP contribution in [-0.4, -0.2) is 11.4 Å². The molecule has 20 heavy (non-hydrogen) atoms. The van der Waals surface area contributed by atoms with E-state index in [0.29, 0.717) is 5.91 Å². The lowest BCUT2D eigenvalue weighted by Crippen LogP contribution is -2.74. The summed E-state index contributed by atoms with van der Waals surface area (Å²) in [6.45, 7) is 2.16. The van der Waals surface area contributed by atoms with Crippen molar-refractivity contribution in [2.24, 2.45) is 53.3 Å². The maximum atomic E-state index is 12.3. The lowest BCUT2D eigenvalue weighted by atomic mass is 9.32. The highest BCUT2D eigenvalue weighted by Gasteiger charge is 2.72. The quantitative estimate of drug-likeness (QED) is 0.721. The molecule has 1 saturated heterocycles. The fourth-order valence-electron chi connectivity index (χ4n) is 8.64. The Bertz CT molecular complexity index is 492. The summed E-state index contributed by atoms with van der Waals surface area (Å²) in [5, 5.41) is 3.58. The van der Waals surface area contributed by atoms with Gasteiger partial charge in [-0.2, -0.15) is 0 Å². The second kappa shape index (κ2) is 3.13. The van der Waals surface area contributed by atoms with E-state index in [0.717, 1.165) is 53.8 Å². The van der Waals surface area contributed by atoms with Gasteiger partial charge >= 0.3 is 0 Å². The van der Waals surface area contributed by atoms with E-state index in [-0.39, 0.29) is 11.5 Å². The third-order valence-electron chi connectivity index (χ3n) is 8.82. The average Bonchev–Trinajstić information content (AvgIpc) is 2.72. The Morgan fingerprint density at radius 2 is 1.55 bits per heavy atom. The molecule has 6 unspecified atom stereocenters. The van der Waals surface area contributed by atoms with E-state index < -0.39 is 0 Å². The second-order valence-electron chi connectivity index (χ2n) is 9.22. The van der Waals surface area contributed by atoms with Crippen LogP contribution in [-0.2, 0) is 4.79 Å². The van der Waals surface area contributed by atoms with E-state index in [9.17, 15) is 4.79 Å². The zero-order valence-corrected chi connectivity index (χ0v) is 12.3. The van der Waals surface area contributed by atoms with Crippen LogP contribution in [0.3, 0.4) is 0 Å². The van der Waals surface area contributed by atoms with Crippen LogP contribution in [0.25, 0.3) is 0 Å². The molecule has 1 N–H and O–H groups in total. The summed E-state index contributed by atoms with van der Waals surface area (Å²) in [7, 11) is 0. The van der Waals surface area contributed by atoms with Crippen molar-refractivity contribution in [2.45, 2.75) is 51.0 Å². The van der Waals surface area contributed by atoms with E-state index in [1.807, 2.05) is 0 Å². The Hall–Kier alpha value is -0.530. The van der Waals surface area contributed by atoms with Crippen LogP contribution < -0.4 is 5.32 Å². The van der Waals surface area contributed by atoms with Crippen LogP contribution in [0.15, 0.2) is 0 Å². The Morgan fingerprint density at radius 3 is 2.15 bits per heavy atom. The SMILES string of the molecule is CC1CC2(NC1=O)C1CC3C4CC5CC3C2C(C5)C4C1. The summed E-state index contributed by atoms with van der Waals surface area (Å²) in [6.07, 6.45) is 8.64. The maximum Gasteiger partial charge on any atom is 0.223 e. The molecule has 2 nitrogen and oxygen atoms in total. The van der Waals surface area contributed by atoms with Gasteiger partial charge in [0, 0.05) is 11.5 Å². The first-order valence-corrected chi connectivity index (χ1v) is 8.99. The normalized spacial score (nSPS) is 68.2. The molecule has 1 amide bonds. The van der Waals surface area contributed by atoms with Crippen LogP contribution >= 0.6 is 0 Å². The molecule has 7 aliphatic carbocycles. The number of hydrogen-bond donors (Lipinski definition) is 1. The minimum absolute atomic E-state index is 0.242. The summed E-state index contributed by atoms with van der Waals surface area (Å²) in [5.74, 6) is 8.54. The predicted octanol–water partition coefficient (Wildman–Crippen LogP) is 2.83. The van der Waals surface area contributed by atoms with Gasteiger partial charge in [0.05, 0.1) is 0 Å². The first kappa shape index (κ1) is 11.1. The average molecular weight is 271 g/mol. The second-order valence-corrected chi connectivity index (χ2v) is 9.22. The summed E-state index contributed by atoms with van der Waals surface area (Å²) >= 11 is 0. The molecule has 0 aromatic rings. The number of carbonyl (C=O) groups excluding carboxylic acids is 1. The van der Waals surface area contributed by atoms with Gasteiger partial charge in [-0.1, -0.05) is 6.92 Å². The third kappa shape index (κ3) is 0.982. The third-order valence-corrected chi connectivity index (χ3v) is 8.82. The number of amides is 1. The van der Waals surface area contributed by atoms with E-state index in [2.05, 4.69) is 12.2 Å². The molecule has 6 atom stereocenters. The number of hydrogen-bond acceptors (Lipinski definition) is 1. The van der Waals surface area contributed by atoms with Crippen molar-refractivity contribution >= 4 is 5.91 Å². The molecule has 0 radical (unpaired) electrons. The van der Waals surface area contributed by atoms with Gasteiger partial charge in [-0.25, -0.2) is 0 Å². The fourth-order valence-corrected chi connectivity index (χ4v) is 8.64. The molecule has 7 saturated carbocycles. The van der Waals surface area contributed by atoms with Gasteiger partial charge in [-0.05, 0) is 85.9 Å². The molecule has 8 bridgehead atoms. The van der Waals surface area contributed by atoms with E-state index in [1.54, 1.807) is 6.42 Å². The summed E-state index contributed by atoms with van der Waals surface area (Å²) in [5.41, 5.74) is 0.242. The fraction of sp³-hybridized carbons (Fsp3) is 0.944. The van der Waals surface area contributed by atoms with E-state index in [4.69, 9.17) is 0 Å². The van der Waals surface area contributed by atoms with Crippen molar-refractivity contribution < 1.29 is 4.79 Å². The highest BCUT2D eigenvalue weighted by molar-refractivity contribution is 5.82. The van der Waals surface area contributed by atoms with Crippen LogP contribution in [0.5, 0.6) is 0 Å². The monoisotopic (exact) mass is 271 g/mol. The van der Waals surface area contributed by atoms with Gasteiger partial charge in [0.1, 0.15) is 0 Å². The van der Waals surface area contributed by atoms with Gasteiger partial charge in [0.15, 0.2) is 0 Å². The van der Waals surface area contributed by atoms with Crippen LogP contribution in [0.2, 0.25) is 0 Å². The summed E-state index contributed by atoms with van der Waals surface area (Å²) in [6, 6.07) is 0. The van der Waals surface area contributed by atoms with Gasteiger partial charge in [0.25, 0.3) is 0 Å². The van der Waals surface area contributed by atoms with Crippen LogP contribution in [0.1, 0.15) is 45.4 Å². The molecular weight excluding hydrogens is 246 g/mol. The van der Waals surface area contributed by atoms with Crippen LogP contribution in [0, 0.1) is 53.3 Å². The zero-order valence-electron chi connectivity index (χ0n) is 12.3.